The first-order chi connectivity index (χ1) is 8.56. The predicted molar refractivity (Wildman–Crippen MR) is 64.1 cm³/mol. The van der Waals surface area contributed by atoms with Crippen LogP contribution in [-0.2, 0) is 6.54 Å². The lowest BCUT2D eigenvalue weighted by Gasteiger charge is -2.03. The molecule has 1 heterocycles. The van der Waals surface area contributed by atoms with Crippen molar-refractivity contribution in [2.45, 2.75) is 6.54 Å². The number of halogens is 2. The molecule has 7 heteroatoms. The topological polar surface area (TPSA) is 68.0 Å². The first-order valence-corrected chi connectivity index (χ1v) is 5.87. The molecule has 1 amide bonds. The molecule has 3 N–H and O–H groups in total. The summed E-state index contributed by atoms with van der Waals surface area (Å²) >= 11 is 1.26. The highest BCUT2D eigenvalue weighted by atomic mass is 32.1. The van der Waals surface area contributed by atoms with E-state index < -0.39 is 17.5 Å². The highest BCUT2D eigenvalue weighted by Gasteiger charge is 2.10. The number of carbonyl (C=O) groups is 1. The van der Waals surface area contributed by atoms with E-state index in [2.05, 4.69) is 10.3 Å². The lowest BCUT2D eigenvalue weighted by Crippen LogP contribution is -2.23. The van der Waals surface area contributed by atoms with Gasteiger partial charge in [-0.3, -0.25) is 4.79 Å². The molecule has 0 saturated heterocycles. The number of thiazole rings is 1. The van der Waals surface area contributed by atoms with E-state index in [9.17, 15) is 13.6 Å². The minimum absolute atomic E-state index is 0.0529. The van der Waals surface area contributed by atoms with Crippen molar-refractivity contribution in [3.63, 3.8) is 0 Å². The minimum atomic E-state index is -1.06. The molecule has 1 aromatic carbocycles. The number of nitrogens with zero attached hydrogens (tertiary/aromatic N) is 1. The van der Waals surface area contributed by atoms with E-state index in [0.717, 1.165) is 12.1 Å². The number of amides is 1. The summed E-state index contributed by atoms with van der Waals surface area (Å²) in [6.45, 7) is 0.186. The zero-order valence-electron chi connectivity index (χ0n) is 9.11. The van der Waals surface area contributed by atoms with Crippen LogP contribution in [0.3, 0.4) is 0 Å². The van der Waals surface area contributed by atoms with Crippen LogP contribution in [0.25, 0.3) is 0 Å². The van der Waals surface area contributed by atoms with Crippen LogP contribution in [-0.4, -0.2) is 10.9 Å². The average Bonchev–Trinajstić information content (AvgIpc) is 2.75. The van der Waals surface area contributed by atoms with E-state index in [1.54, 1.807) is 5.38 Å². The molecule has 2 rings (SSSR count). The molecule has 0 aliphatic rings. The van der Waals surface area contributed by atoms with Gasteiger partial charge in [-0.05, 0) is 18.2 Å². The van der Waals surface area contributed by atoms with Crippen LogP contribution in [0.4, 0.5) is 13.9 Å². The maximum absolute atomic E-state index is 12.9. The number of rotatable bonds is 3. The van der Waals surface area contributed by atoms with Crippen molar-refractivity contribution >= 4 is 22.4 Å². The molecule has 18 heavy (non-hydrogen) atoms. The van der Waals surface area contributed by atoms with Crippen molar-refractivity contribution in [1.29, 1.82) is 0 Å². The number of nitrogens with one attached hydrogen (secondary N) is 1. The van der Waals surface area contributed by atoms with Crippen LogP contribution in [0.1, 0.15) is 16.1 Å². The number of carbonyl (C=O) groups excluding carboxylic acids is 1. The van der Waals surface area contributed by atoms with Crippen molar-refractivity contribution in [3.05, 3.63) is 46.5 Å². The zero-order chi connectivity index (χ0) is 13.1. The zero-order valence-corrected chi connectivity index (χ0v) is 9.93. The Morgan fingerprint density at radius 2 is 2.17 bits per heavy atom. The summed E-state index contributed by atoms with van der Waals surface area (Å²) in [6, 6.07) is 2.97. The van der Waals surface area contributed by atoms with Crippen molar-refractivity contribution in [1.82, 2.24) is 10.3 Å². The SMILES string of the molecule is Nc1nc(CNC(=O)c2ccc(F)c(F)c2)cs1. The highest BCUT2D eigenvalue weighted by molar-refractivity contribution is 7.13. The third kappa shape index (κ3) is 2.80. The summed E-state index contributed by atoms with van der Waals surface area (Å²) in [5.41, 5.74) is 6.11. The van der Waals surface area contributed by atoms with Gasteiger partial charge in [-0.15, -0.1) is 11.3 Å². The largest absolute Gasteiger partial charge is 0.375 e. The number of nitrogen functional groups attached to an aromatic ring is 1. The lowest BCUT2D eigenvalue weighted by atomic mass is 10.2. The Morgan fingerprint density at radius 1 is 1.39 bits per heavy atom. The number of anilines is 1. The molecule has 0 atom stereocenters. The average molecular weight is 269 g/mol. The fraction of sp³-hybridized carbons (Fsp3) is 0.0909. The third-order valence-corrected chi connectivity index (χ3v) is 2.90. The quantitative estimate of drug-likeness (QED) is 0.894. The summed E-state index contributed by atoms with van der Waals surface area (Å²) in [6.07, 6.45) is 0. The first-order valence-electron chi connectivity index (χ1n) is 4.99. The Balaban J connectivity index is 2.01. The normalized spacial score (nSPS) is 10.3. The van der Waals surface area contributed by atoms with Gasteiger partial charge in [0.2, 0.25) is 0 Å². The lowest BCUT2D eigenvalue weighted by molar-refractivity contribution is 0.0950. The first kappa shape index (κ1) is 12.4. The molecule has 94 valence electrons. The Morgan fingerprint density at radius 3 is 2.78 bits per heavy atom. The molecule has 0 spiro atoms. The molecule has 1 aromatic heterocycles. The molecule has 0 aliphatic heterocycles. The second-order valence-corrected chi connectivity index (χ2v) is 4.38. The van der Waals surface area contributed by atoms with Gasteiger partial charge in [0, 0.05) is 10.9 Å². The van der Waals surface area contributed by atoms with Gasteiger partial charge >= 0.3 is 0 Å². The third-order valence-electron chi connectivity index (χ3n) is 2.18. The van der Waals surface area contributed by atoms with Gasteiger partial charge in [0.25, 0.3) is 5.91 Å². The second-order valence-electron chi connectivity index (χ2n) is 3.49. The molecule has 0 unspecified atom stereocenters. The van der Waals surface area contributed by atoms with E-state index >= 15 is 0 Å². The van der Waals surface area contributed by atoms with E-state index in [1.165, 1.54) is 17.4 Å². The molecule has 4 nitrogen and oxygen atoms in total. The monoisotopic (exact) mass is 269 g/mol. The smallest absolute Gasteiger partial charge is 0.251 e. The number of hydrogen-bond acceptors (Lipinski definition) is 4. The Kier molecular flexibility index (Phi) is 3.52. The molecule has 0 aliphatic carbocycles. The van der Waals surface area contributed by atoms with Crippen molar-refractivity contribution in [3.8, 4) is 0 Å². The Bertz CT molecular complexity index is 585. The summed E-state index contributed by atoms with van der Waals surface area (Å²) in [5.74, 6) is -2.54. The predicted octanol–water partition coefficient (Wildman–Crippen LogP) is 1.93. The maximum Gasteiger partial charge on any atom is 0.251 e. The van der Waals surface area contributed by atoms with E-state index in [1.807, 2.05) is 0 Å². The standard InChI is InChI=1S/C11H9F2N3OS/c12-8-2-1-6(3-9(8)13)10(17)15-4-7-5-18-11(14)16-7/h1-3,5H,4H2,(H2,14,16)(H,15,17). The molecular weight excluding hydrogens is 260 g/mol. The number of benzene rings is 1. The Labute approximate surface area is 105 Å². The summed E-state index contributed by atoms with van der Waals surface area (Å²) in [4.78, 5) is 15.6. The highest BCUT2D eigenvalue weighted by Crippen LogP contribution is 2.11. The van der Waals surface area contributed by atoms with Crippen molar-refractivity contribution in [2.75, 3.05) is 5.73 Å². The van der Waals surface area contributed by atoms with Gasteiger partial charge in [-0.2, -0.15) is 0 Å². The number of nitrogens with two attached hydrogens (primary N) is 1. The molecule has 0 bridgehead atoms. The molecule has 0 radical (unpaired) electrons. The van der Waals surface area contributed by atoms with Gasteiger partial charge in [0.1, 0.15) is 0 Å². The van der Waals surface area contributed by atoms with Gasteiger partial charge in [-0.25, -0.2) is 13.8 Å². The Hall–Kier alpha value is -2.02. The maximum atomic E-state index is 12.9. The van der Waals surface area contributed by atoms with Crippen molar-refractivity contribution < 1.29 is 13.6 Å². The van der Waals surface area contributed by atoms with Gasteiger partial charge < -0.3 is 11.1 Å². The molecule has 0 fully saturated rings. The van der Waals surface area contributed by atoms with E-state index in [4.69, 9.17) is 5.73 Å². The van der Waals surface area contributed by atoms with Crippen LogP contribution in [0.5, 0.6) is 0 Å². The van der Waals surface area contributed by atoms with Crippen LogP contribution >= 0.6 is 11.3 Å². The molecule has 2 aromatic rings. The van der Waals surface area contributed by atoms with Crippen LogP contribution < -0.4 is 11.1 Å². The fourth-order valence-electron chi connectivity index (χ4n) is 1.31. The molecule has 0 saturated carbocycles. The summed E-state index contributed by atoms with van der Waals surface area (Å²) < 4.78 is 25.6. The van der Waals surface area contributed by atoms with Gasteiger partial charge in [-0.1, -0.05) is 0 Å². The van der Waals surface area contributed by atoms with Crippen LogP contribution in [0, 0.1) is 11.6 Å². The second kappa shape index (κ2) is 5.09. The van der Waals surface area contributed by atoms with Crippen LogP contribution in [0.2, 0.25) is 0 Å². The number of aromatic nitrogens is 1. The van der Waals surface area contributed by atoms with Gasteiger partial charge in [0.05, 0.1) is 12.2 Å². The summed E-state index contributed by atoms with van der Waals surface area (Å²) in [5, 5.41) is 4.65. The molecular formula is C11H9F2N3OS. The van der Waals surface area contributed by atoms with E-state index in [0.29, 0.717) is 10.8 Å². The van der Waals surface area contributed by atoms with Gasteiger partial charge in [0.15, 0.2) is 16.8 Å². The minimum Gasteiger partial charge on any atom is -0.375 e. The fourth-order valence-corrected chi connectivity index (χ4v) is 1.88. The number of hydrogen-bond donors (Lipinski definition) is 2. The summed E-state index contributed by atoms with van der Waals surface area (Å²) in [7, 11) is 0. The van der Waals surface area contributed by atoms with Crippen molar-refractivity contribution in [2.24, 2.45) is 0 Å². The van der Waals surface area contributed by atoms with Crippen LogP contribution in [0.15, 0.2) is 23.6 Å². The van der Waals surface area contributed by atoms with E-state index in [-0.39, 0.29) is 12.1 Å².